The lowest BCUT2D eigenvalue weighted by Crippen LogP contribution is -2.39. The molecule has 8 heteroatoms. The van der Waals surface area contributed by atoms with Gasteiger partial charge in [-0.15, -0.1) is 24.0 Å². The van der Waals surface area contributed by atoms with Crippen molar-refractivity contribution in [3.8, 4) is 5.75 Å². The van der Waals surface area contributed by atoms with Crippen LogP contribution in [0.25, 0.3) is 0 Å². The van der Waals surface area contributed by atoms with E-state index in [1.165, 1.54) is 5.56 Å². The molecule has 0 amide bonds. The second-order valence-electron chi connectivity index (χ2n) is 8.07. The minimum Gasteiger partial charge on any atom is -0.493 e. The predicted octanol–water partition coefficient (Wildman–Crippen LogP) is 3.53. The van der Waals surface area contributed by atoms with Gasteiger partial charge in [-0.3, -0.25) is 4.99 Å². The fourth-order valence-corrected chi connectivity index (χ4v) is 5.15. The second-order valence-corrected chi connectivity index (χ2v) is 10.3. The fraction of sp³-hybridized carbons (Fsp3) is 0.667. The van der Waals surface area contributed by atoms with Crippen LogP contribution in [0.1, 0.15) is 44.2 Å². The van der Waals surface area contributed by atoms with Crippen molar-refractivity contribution < 1.29 is 13.2 Å². The van der Waals surface area contributed by atoms with Crippen LogP contribution in [0.2, 0.25) is 0 Å². The Balaban J connectivity index is 0.00000420. The van der Waals surface area contributed by atoms with Crippen molar-refractivity contribution >= 4 is 39.8 Å². The Bertz CT molecular complexity index is 766. The number of nitrogens with zero attached hydrogens (tertiary/aromatic N) is 1. The van der Waals surface area contributed by atoms with E-state index in [9.17, 15) is 8.42 Å². The zero-order valence-electron chi connectivity index (χ0n) is 18.0. The summed E-state index contributed by atoms with van der Waals surface area (Å²) >= 11 is 0. The molecule has 1 aromatic carbocycles. The normalized spacial score (nSPS) is 18.4. The number of hydrogen-bond donors (Lipinski definition) is 2. The molecule has 0 aromatic heterocycles. The summed E-state index contributed by atoms with van der Waals surface area (Å²) in [4.78, 5) is 4.25. The molecule has 0 bridgehead atoms. The van der Waals surface area contributed by atoms with Gasteiger partial charge in [0.05, 0.1) is 18.1 Å². The SMILES string of the molecule is CN=C(NCc1ccc(C)cc1OCCCC(C)C)NCC1CCS(=O)(=O)C1.I. The van der Waals surface area contributed by atoms with Crippen LogP contribution in [0, 0.1) is 18.8 Å². The Labute approximate surface area is 193 Å². The summed E-state index contributed by atoms with van der Waals surface area (Å²) in [5.74, 6) is 2.99. The number of nitrogens with one attached hydrogen (secondary N) is 2. The summed E-state index contributed by atoms with van der Waals surface area (Å²) < 4.78 is 29.2. The summed E-state index contributed by atoms with van der Waals surface area (Å²) in [7, 11) is -1.13. The molecule has 1 atom stereocenters. The largest absolute Gasteiger partial charge is 0.493 e. The first kappa shape index (κ1) is 26.0. The number of sulfone groups is 1. The summed E-state index contributed by atoms with van der Waals surface area (Å²) in [6, 6.07) is 6.24. The number of benzene rings is 1. The van der Waals surface area contributed by atoms with Crippen molar-refractivity contribution in [1.29, 1.82) is 0 Å². The van der Waals surface area contributed by atoms with E-state index < -0.39 is 9.84 Å². The van der Waals surface area contributed by atoms with Crippen LogP contribution in [0.4, 0.5) is 0 Å². The van der Waals surface area contributed by atoms with Gasteiger partial charge in [-0.1, -0.05) is 26.0 Å². The highest BCUT2D eigenvalue weighted by molar-refractivity contribution is 14.0. The van der Waals surface area contributed by atoms with Gasteiger partial charge in [0.15, 0.2) is 15.8 Å². The summed E-state index contributed by atoms with van der Waals surface area (Å²) in [5.41, 5.74) is 2.26. The molecular weight excluding hydrogens is 501 g/mol. The third-order valence-electron chi connectivity index (χ3n) is 4.96. The zero-order chi connectivity index (χ0) is 20.6. The van der Waals surface area contributed by atoms with E-state index in [4.69, 9.17) is 4.74 Å². The molecule has 29 heavy (non-hydrogen) atoms. The molecule has 1 fully saturated rings. The molecular formula is C21H36IN3O3S. The molecule has 1 aliphatic heterocycles. The number of hydrogen-bond acceptors (Lipinski definition) is 4. The molecule has 2 rings (SSSR count). The van der Waals surface area contributed by atoms with Gasteiger partial charge in [0.25, 0.3) is 0 Å². The second kappa shape index (κ2) is 12.6. The smallest absolute Gasteiger partial charge is 0.191 e. The highest BCUT2D eigenvalue weighted by atomic mass is 127. The summed E-state index contributed by atoms with van der Waals surface area (Å²) in [6.07, 6.45) is 2.93. The third kappa shape index (κ3) is 9.55. The molecule has 1 unspecified atom stereocenters. The monoisotopic (exact) mass is 537 g/mol. The Morgan fingerprint density at radius 2 is 2.07 bits per heavy atom. The molecule has 166 valence electrons. The van der Waals surface area contributed by atoms with Gasteiger partial charge in [0.1, 0.15) is 5.75 Å². The van der Waals surface area contributed by atoms with E-state index in [2.05, 4.69) is 54.6 Å². The average molecular weight is 538 g/mol. The lowest BCUT2D eigenvalue weighted by molar-refractivity contribution is 0.294. The highest BCUT2D eigenvalue weighted by Crippen LogP contribution is 2.21. The first-order valence-corrected chi connectivity index (χ1v) is 12.0. The van der Waals surface area contributed by atoms with Crippen LogP contribution in [-0.2, 0) is 16.4 Å². The Morgan fingerprint density at radius 3 is 2.69 bits per heavy atom. The summed E-state index contributed by atoms with van der Waals surface area (Å²) in [6.45, 7) is 8.45. The number of rotatable bonds is 9. The van der Waals surface area contributed by atoms with E-state index in [1.54, 1.807) is 7.05 Å². The van der Waals surface area contributed by atoms with Gasteiger partial charge in [-0.05, 0) is 49.7 Å². The van der Waals surface area contributed by atoms with Gasteiger partial charge >= 0.3 is 0 Å². The van der Waals surface area contributed by atoms with Crippen LogP contribution < -0.4 is 15.4 Å². The lowest BCUT2D eigenvalue weighted by Gasteiger charge is -2.17. The van der Waals surface area contributed by atoms with E-state index >= 15 is 0 Å². The van der Waals surface area contributed by atoms with Crippen molar-refractivity contribution in [2.75, 3.05) is 31.7 Å². The topological polar surface area (TPSA) is 79.8 Å². The molecule has 2 N–H and O–H groups in total. The Hall–Kier alpha value is -1.03. The van der Waals surface area contributed by atoms with Crippen molar-refractivity contribution in [1.82, 2.24) is 10.6 Å². The molecule has 1 aromatic rings. The molecule has 1 heterocycles. The third-order valence-corrected chi connectivity index (χ3v) is 6.80. The first-order chi connectivity index (χ1) is 13.3. The minimum absolute atomic E-state index is 0. The number of aliphatic imine (C=N–C) groups is 1. The molecule has 0 aliphatic carbocycles. The quantitative estimate of drug-likeness (QED) is 0.218. The van der Waals surface area contributed by atoms with Crippen molar-refractivity contribution in [3.05, 3.63) is 29.3 Å². The summed E-state index contributed by atoms with van der Waals surface area (Å²) in [5, 5.41) is 6.56. The maximum atomic E-state index is 11.6. The van der Waals surface area contributed by atoms with E-state index in [1.807, 2.05) is 0 Å². The molecule has 6 nitrogen and oxygen atoms in total. The standard InChI is InChI=1S/C21H35N3O3S.HI/c1-16(2)6-5-10-27-20-12-17(3)7-8-19(20)14-24-21(22-4)23-13-18-9-11-28(25,26)15-18;/h7-8,12,16,18H,5-6,9-11,13-15H2,1-4H3,(H2,22,23,24);1H. The van der Waals surface area contributed by atoms with E-state index in [0.717, 1.165) is 37.2 Å². The van der Waals surface area contributed by atoms with Gasteiger partial charge in [0.2, 0.25) is 0 Å². The van der Waals surface area contributed by atoms with Crippen LogP contribution in [-0.4, -0.2) is 46.1 Å². The van der Waals surface area contributed by atoms with Crippen LogP contribution in [0.15, 0.2) is 23.2 Å². The van der Waals surface area contributed by atoms with Crippen LogP contribution in [0.3, 0.4) is 0 Å². The highest BCUT2D eigenvalue weighted by Gasteiger charge is 2.27. The van der Waals surface area contributed by atoms with Crippen molar-refractivity contribution in [3.63, 3.8) is 0 Å². The van der Waals surface area contributed by atoms with Crippen molar-refractivity contribution in [2.24, 2.45) is 16.8 Å². The minimum atomic E-state index is -2.85. The van der Waals surface area contributed by atoms with Gasteiger partial charge in [0, 0.05) is 25.7 Å². The Kier molecular flexibility index (Phi) is 11.3. The van der Waals surface area contributed by atoms with Gasteiger partial charge in [-0.2, -0.15) is 0 Å². The number of aryl methyl sites for hydroxylation is 1. The van der Waals surface area contributed by atoms with Crippen LogP contribution >= 0.6 is 24.0 Å². The number of halogens is 1. The fourth-order valence-electron chi connectivity index (χ4n) is 3.29. The molecule has 0 spiro atoms. The zero-order valence-corrected chi connectivity index (χ0v) is 21.2. The van der Waals surface area contributed by atoms with Gasteiger partial charge < -0.3 is 15.4 Å². The predicted molar refractivity (Wildman–Crippen MR) is 131 cm³/mol. The van der Waals surface area contributed by atoms with E-state index in [-0.39, 0.29) is 35.6 Å². The number of ether oxygens (including phenoxy) is 1. The maximum Gasteiger partial charge on any atom is 0.191 e. The average Bonchev–Trinajstić information content (AvgIpc) is 2.99. The molecule has 1 saturated heterocycles. The first-order valence-electron chi connectivity index (χ1n) is 10.2. The molecule has 1 aliphatic rings. The lowest BCUT2D eigenvalue weighted by atomic mass is 10.1. The number of guanidine groups is 1. The van der Waals surface area contributed by atoms with E-state index in [0.29, 0.717) is 30.7 Å². The van der Waals surface area contributed by atoms with Crippen LogP contribution in [0.5, 0.6) is 5.75 Å². The maximum absolute atomic E-state index is 11.6. The molecule has 0 saturated carbocycles. The Morgan fingerprint density at radius 1 is 1.31 bits per heavy atom. The van der Waals surface area contributed by atoms with Crippen molar-refractivity contribution in [2.45, 2.75) is 46.6 Å². The van der Waals surface area contributed by atoms with Gasteiger partial charge in [-0.25, -0.2) is 8.42 Å². The molecule has 0 radical (unpaired) electrons.